The van der Waals surface area contributed by atoms with E-state index in [1.54, 1.807) is 36.8 Å². The molecule has 6 rings (SSSR count). The van der Waals surface area contributed by atoms with Gasteiger partial charge in [0.15, 0.2) is 0 Å². The Balaban J connectivity index is 1.27. The number of carbonyl (C=O) groups excluding carboxylic acids is 1. The second kappa shape index (κ2) is 8.82. The van der Waals surface area contributed by atoms with Crippen molar-refractivity contribution >= 4 is 28.7 Å². The fourth-order valence-corrected chi connectivity index (χ4v) is 4.91. The molecule has 1 aromatic carbocycles. The molecule has 9 nitrogen and oxygen atoms in total. The molecule has 37 heavy (non-hydrogen) atoms. The number of fused-ring (bicyclic) bond motifs is 2. The third-order valence-corrected chi connectivity index (χ3v) is 6.94. The lowest BCUT2D eigenvalue weighted by Crippen LogP contribution is -2.52. The molecule has 1 fully saturated rings. The summed E-state index contributed by atoms with van der Waals surface area (Å²) >= 11 is 0. The minimum absolute atomic E-state index is 0.200. The largest absolute Gasteiger partial charge is 0.388 e. The lowest BCUT2D eigenvalue weighted by atomic mass is 10.00. The summed E-state index contributed by atoms with van der Waals surface area (Å²) in [4.78, 5) is 23.9. The highest BCUT2D eigenvalue weighted by Gasteiger charge is 2.33. The first kappa shape index (κ1) is 23.4. The second-order valence-electron chi connectivity index (χ2n) is 9.90. The van der Waals surface area contributed by atoms with Gasteiger partial charge in [0, 0.05) is 55.0 Å². The van der Waals surface area contributed by atoms with Crippen molar-refractivity contribution < 1.29 is 19.0 Å². The topological polar surface area (TPSA) is 104 Å². The molecular formula is C27H27FN6O3. The van der Waals surface area contributed by atoms with Gasteiger partial charge in [-0.1, -0.05) is 0 Å². The number of nitrogens with one attached hydrogen (secondary N) is 2. The molecule has 1 amide bonds. The summed E-state index contributed by atoms with van der Waals surface area (Å²) in [5.41, 5.74) is 4.19. The molecule has 4 aromatic rings. The van der Waals surface area contributed by atoms with Crippen LogP contribution in [0.2, 0.25) is 0 Å². The monoisotopic (exact) mass is 502 g/mol. The van der Waals surface area contributed by atoms with Crippen LogP contribution in [0.1, 0.15) is 29.8 Å². The quantitative estimate of drug-likeness (QED) is 0.384. The normalized spacial score (nSPS) is 17.7. The highest BCUT2D eigenvalue weighted by Crippen LogP contribution is 2.34. The average molecular weight is 503 g/mol. The Hall–Kier alpha value is -4.02. The summed E-state index contributed by atoms with van der Waals surface area (Å²) in [6.45, 7) is 5.78. The third-order valence-electron chi connectivity index (χ3n) is 6.94. The Labute approximate surface area is 212 Å². The van der Waals surface area contributed by atoms with Crippen molar-refractivity contribution in [2.75, 3.05) is 29.9 Å². The fraction of sp³-hybridized carbons (Fsp3) is 0.296. The van der Waals surface area contributed by atoms with E-state index in [0.29, 0.717) is 36.7 Å². The number of anilines is 3. The molecule has 3 N–H and O–H groups in total. The fourth-order valence-electron chi connectivity index (χ4n) is 4.91. The van der Waals surface area contributed by atoms with Crippen LogP contribution in [0.3, 0.4) is 0 Å². The van der Waals surface area contributed by atoms with Crippen LogP contribution in [-0.2, 0) is 11.3 Å². The van der Waals surface area contributed by atoms with Gasteiger partial charge in [-0.25, -0.2) is 14.4 Å². The number of pyridine rings is 2. The predicted molar refractivity (Wildman–Crippen MR) is 138 cm³/mol. The van der Waals surface area contributed by atoms with Gasteiger partial charge in [0.05, 0.1) is 29.7 Å². The number of halogens is 1. The van der Waals surface area contributed by atoms with E-state index >= 15 is 0 Å². The van der Waals surface area contributed by atoms with E-state index in [2.05, 4.69) is 25.5 Å². The Bertz CT molecular complexity index is 1490. The number of morpholine rings is 1. The molecular weight excluding hydrogens is 475 g/mol. The first-order chi connectivity index (χ1) is 17.8. The molecule has 0 aliphatic carbocycles. The summed E-state index contributed by atoms with van der Waals surface area (Å²) in [5.74, 6) is -0.0924. The third kappa shape index (κ3) is 4.28. The molecule has 0 spiro atoms. The van der Waals surface area contributed by atoms with Crippen molar-refractivity contribution in [1.29, 1.82) is 0 Å². The van der Waals surface area contributed by atoms with Gasteiger partial charge < -0.3 is 25.4 Å². The zero-order valence-electron chi connectivity index (χ0n) is 20.5. The number of nitrogens with zero attached hydrogens (tertiary/aromatic N) is 4. The van der Waals surface area contributed by atoms with Crippen molar-refractivity contribution in [3.8, 4) is 11.3 Å². The lowest BCUT2D eigenvalue weighted by Gasteiger charge is -2.39. The molecule has 0 saturated carbocycles. The molecule has 1 unspecified atom stereocenters. The molecule has 1 atom stereocenters. The maximum atomic E-state index is 13.6. The molecule has 2 aliphatic rings. The molecule has 5 heterocycles. The number of carbonyl (C=O) groups is 1. The molecule has 0 bridgehead atoms. The number of benzene rings is 1. The summed E-state index contributed by atoms with van der Waals surface area (Å²) in [7, 11) is 0. The number of aliphatic hydroxyl groups is 1. The summed E-state index contributed by atoms with van der Waals surface area (Å²) in [6, 6.07) is 10.6. The predicted octanol–water partition coefficient (Wildman–Crippen LogP) is 3.50. The van der Waals surface area contributed by atoms with Crippen LogP contribution in [-0.4, -0.2) is 56.8 Å². The number of amides is 1. The number of ether oxygens (including phenoxy) is 1. The first-order valence-electron chi connectivity index (χ1n) is 12.2. The average Bonchev–Trinajstić information content (AvgIpc) is 3.48. The highest BCUT2D eigenvalue weighted by atomic mass is 19.1. The van der Waals surface area contributed by atoms with E-state index in [1.165, 1.54) is 12.1 Å². The van der Waals surface area contributed by atoms with Gasteiger partial charge in [-0.3, -0.25) is 9.20 Å². The lowest BCUT2D eigenvalue weighted by molar-refractivity contribution is -0.0927. The maximum Gasteiger partial charge on any atom is 0.255 e. The number of hydrogen-bond donors (Lipinski definition) is 3. The molecule has 3 aromatic heterocycles. The Morgan fingerprint density at radius 2 is 2.00 bits per heavy atom. The van der Waals surface area contributed by atoms with E-state index in [-0.39, 0.29) is 17.8 Å². The maximum absolute atomic E-state index is 13.6. The minimum atomic E-state index is -0.918. The van der Waals surface area contributed by atoms with Crippen LogP contribution < -0.4 is 15.5 Å². The van der Waals surface area contributed by atoms with Crippen molar-refractivity contribution in [3.63, 3.8) is 0 Å². The second-order valence-corrected chi connectivity index (χ2v) is 9.90. The van der Waals surface area contributed by atoms with Gasteiger partial charge in [0.2, 0.25) is 0 Å². The van der Waals surface area contributed by atoms with Gasteiger partial charge in [-0.05, 0) is 49.7 Å². The SMILES string of the molecule is CC(C)(O)C1CN(c2ccc(Nc3ncc(-c4cnc5cc(F)ccn45)c4c3C(=O)NC4)cc2)CCO1. The summed E-state index contributed by atoms with van der Waals surface area (Å²) in [5, 5.41) is 16.5. The van der Waals surface area contributed by atoms with Crippen LogP contribution >= 0.6 is 0 Å². The molecule has 2 aliphatic heterocycles. The molecule has 0 radical (unpaired) electrons. The van der Waals surface area contributed by atoms with Crippen molar-refractivity contribution in [2.45, 2.75) is 32.1 Å². The summed E-state index contributed by atoms with van der Waals surface area (Å²) < 4.78 is 21.2. The number of hydrogen-bond acceptors (Lipinski definition) is 7. The van der Waals surface area contributed by atoms with Gasteiger partial charge in [-0.15, -0.1) is 0 Å². The Morgan fingerprint density at radius 1 is 1.19 bits per heavy atom. The zero-order chi connectivity index (χ0) is 25.7. The van der Waals surface area contributed by atoms with Crippen LogP contribution in [0.5, 0.6) is 0 Å². The van der Waals surface area contributed by atoms with Crippen LogP contribution in [0.15, 0.2) is 55.0 Å². The van der Waals surface area contributed by atoms with Gasteiger partial charge in [0.25, 0.3) is 5.91 Å². The standard InChI is InChI=1S/C27H27FN6O3/c1-27(2,36)22-15-33(9-10-37-22)18-5-3-17(4-6-18)32-25-24-20(13-31-26(24)35)19(12-30-25)21-14-29-23-11-16(28)7-8-34(21)23/h3-8,11-12,14,22,36H,9-10,13,15H2,1-2H3,(H,30,32)(H,31,35). The van der Waals surface area contributed by atoms with Gasteiger partial charge in [0.1, 0.15) is 23.4 Å². The minimum Gasteiger partial charge on any atom is -0.388 e. The van der Waals surface area contributed by atoms with E-state index in [4.69, 9.17) is 4.74 Å². The van der Waals surface area contributed by atoms with E-state index in [1.807, 2.05) is 24.3 Å². The summed E-state index contributed by atoms with van der Waals surface area (Å²) in [6.07, 6.45) is 4.73. The first-order valence-corrected chi connectivity index (χ1v) is 12.2. The molecule has 10 heteroatoms. The van der Waals surface area contributed by atoms with Crippen molar-refractivity contribution in [1.82, 2.24) is 19.7 Å². The number of rotatable bonds is 5. The van der Waals surface area contributed by atoms with Crippen LogP contribution in [0.4, 0.5) is 21.6 Å². The smallest absolute Gasteiger partial charge is 0.255 e. The van der Waals surface area contributed by atoms with Crippen LogP contribution in [0.25, 0.3) is 16.9 Å². The highest BCUT2D eigenvalue weighted by molar-refractivity contribution is 6.05. The molecule has 190 valence electrons. The number of imidazole rings is 1. The van der Waals surface area contributed by atoms with Crippen molar-refractivity contribution in [2.24, 2.45) is 0 Å². The van der Waals surface area contributed by atoms with E-state index in [0.717, 1.165) is 34.7 Å². The van der Waals surface area contributed by atoms with Gasteiger partial charge in [-0.2, -0.15) is 0 Å². The number of aromatic nitrogens is 3. The Morgan fingerprint density at radius 3 is 2.78 bits per heavy atom. The zero-order valence-corrected chi connectivity index (χ0v) is 20.5. The van der Waals surface area contributed by atoms with E-state index < -0.39 is 5.60 Å². The van der Waals surface area contributed by atoms with Crippen LogP contribution in [0, 0.1) is 5.82 Å². The van der Waals surface area contributed by atoms with E-state index in [9.17, 15) is 14.3 Å². The van der Waals surface area contributed by atoms with Crippen molar-refractivity contribution in [3.05, 3.63) is 71.9 Å². The molecule has 1 saturated heterocycles. The Kier molecular flexibility index (Phi) is 5.58. The van der Waals surface area contributed by atoms with Gasteiger partial charge >= 0.3 is 0 Å².